The van der Waals surface area contributed by atoms with Crippen LogP contribution in [0.4, 0.5) is 30.6 Å². The number of aromatic nitrogens is 3. The van der Waals surface area contributed by atoms with Gasteiger partial charge >= 0.3 is 6.18 Å². The molecule has 0 amide bonds. The highest BCUT2D eigenvalue weighted by Crippen LogP contribution is 2.39. The molecule has 3 aromatic rings. The highest BCUT2D eigenvalue weighted by molar-refractivity contribution is 7.21. The summed E-state index contributed by atoms with van der Waals surface area (Å²) in [4.78, 5) is 13.3. The fourth-order valence-electron chi connectivity index (χ4n) is 4.14. The lowest BCUT2D eigenvalue weighted by molar-refractivity contribution is -0.115. The van der Waals surface area contributed by atoms with Crippen LogP contribution in [0, 0.1) is 18.8 Å². The second-order valence-electron chi connectivity index (χ2n) is 8.30. The maximum absolute atomic E-state index is 12.7. The second-order valence-corrected chi connectivity index (χ2v) is 9.33. The number of fused-ring (bicyclic) bond motifs is 1. The van der Waals surface area contributed by atoms with Crippen molar-refractivity contribution >= 4 is 39.0 Å². The third-order valence-electron chi connectivity index (χ3n) is 5.79. The van der Waals surface area contributed by atoms with Gasteiger partial charge in [0.15, 0.2) is 0 Å². The monoisotopic (exact) mass is 466 g/mol. The summed E-state index contributed by atoms with van der Waals surface area (Å²) in [5.74, 6) is 0.843. The summed E-state index contributed by atoms with van der Waals surface area (Å²) in [7, 11) is 0. The minimum absolute atomic E-state index is 0.0377. The topological polar surface area (TPSA) is 109 Å². The van der Waals surface area contributed by atoms with Gasteiger partial charge in [-0.1, -0.05) is 6.92 Å². The quantitative estimate of drug-likeness (QED) is 0.398. The predicted molar refractivity (Wildman–Crippen MR) is 121 cm³/mol. The number of nitrogens with zero attached hydrogens (tertiary/aromatic N) is 3. The Labute approximate surface area is 187 Å². The summed E-state index contributed by atoms with van der Waals surface area (Å²) >= 11 is 1.45. The van der Waals surface area contributed by atoms with E-state index in [0.717, 1.165) is 23.1 Å². The van der Waals surface area contributed by atoms with Crippen molar-refractivity contribution in [1.29, 1.82) is 0 Å². The van der Waals surface area contributed by atoms with Crippen molar-refractivity contribution in [3.63, 3.8) is 0 Å². The van der Waals surface area contributed by atoms with Crippen LogP contribution in [0.3, 0.4) is 0 Å². The third kappa shape index (κ3) is 4.88. The molecule has 0 bridgehead atoms. The molecule has 2 heterocycles. The Balaban J connectivity index is 1.73. The number of nitrogen functional groups attached to an aromatic ring is 1. The predicted octanol–water partition coefficient (Wildman–Crippen LogP) is 4.44. The van der Waals surface area contributed by atoms with E-state index in [4.69, 9.17) is 5.73 Å². The van der Waals surface area contributed by atoms with Gasteiger partial charge in [-0.15, -0.1) is 11.3 Å². The normalized spacial score (nSPS) is 21.2. The number of aryl methyl sites for hydroxylation is 1. The van der Waals surface area contributed by atoms with Gasteiger partial charge in [-0.25, -0.2) is 9.97 Å². The van der Waals surface area contributed by atoms with E-state index >= 15 is 0 Å². The zero-order valence-electron chi connectivity index (χ0n) is 17.7. The lowest BCUT2D eigenvalue weighted by atomic mass is 10.00. The zero-order chi connectivity index (χ0) is 23.0. The van der Waals surface area contributed by atoms with Crippen molar-refractivity contribution in [2.24, 2.45) is 11.8 Å². The molecule has 0 radical (unpaired) electrons. The fraction of sp³-hybridized carbons (Fsp3) is 0.476. The van der Waals surface area contributed by atoms with E-state index in [2.05, 4.69) is 32.5 Å². The molecule has 1 aliphatic rings. The smallest absolute Gasteiger partial charge is 0.399 e. The van der Waals surface area contributed by atoms with Crippen molar-refractivity contribution in [1.82, 2.24) is 15.0 Å². The summed E-state index contributed by atoms with van der Waals surface area (Å²) in [6.45, 7) is 2.70. The maximum Gasteiger partial charge on any atom is 0.405 e. The van der Waals surface area contributed by atoms with Gasteiger partial charge < -0.3 is 21.5 Å². The number of hydrogen-bond acceptors (Lipinski definition) is 8. The lowest BCUT2D eigenvalue weighted by Gasteiger charge is -2.18. The number of nitrogens with one attached hydrogen (secondary N) is 2. The highest BCUT2D eigenvalue weighted by Gasteiger charge is 2.32. The zero-order valence-corrected chi connectivity index (χ0v) is 18.5. The first-order valence-corrected chi connectivity index (χ1v) is 11.2. The number of rotatable bonds is 6. The average molecular weight is 467 g/mol. The largest absolute Gasteiger partial charge is 0.405 e. The van der Waals surface area contributed by atoms with Crippen LogP contribution in [0.5, 0.6) is 0 Å². The molecule has 172 valence electrons. The number of thiazole rings is 1. The van der Waals surface area contributed by atoms with Crippen LogP contribution in [0.25, 0.3) is 20.8 Å². The lowest BCUT2D eigenvalue weighted by Crippen LogP contribution is -2.24. The van der Waals surface area contributed by atoms with Crippen molar-refractivity contribution in [2.75, 3.05) is 29.5 Å². The molecule has 2 aromatic heterocycles. The van der Waals surface area contributed by atoms with Crippen LogP contribution < -0.4 is 16.4 Å². The number of hydrogen-bond donors (Lipinski definition) is 4. The molecular weight excluding hydrogens is 441 g/mol. The van der Waals surface area contributed by atoms with Crippen LogP contribution in [-0.4, -0.2) is 45.4 Å². The van der Waals surface area contributed by atoms with Crippen LogP contribution in [-0.2, 0) is 0 Å². The van der Waals surface area contributed by atoms with E-state index in [0.29, 0.717) is 33.7 Å². The first-order valence-electron chi connectivity index (χ1n) is 10.4. The Hall–Kier alpha value is -2.66. The Morgan fingerprint density at radius 1 is 1.22 bits per heavy atom. The molecule has 1 aromatic carbocycles. The van der Waals surface area contributed by atoms with Crippen LogP contribution in [0.2, 0.25) is 0 Å². The van der Waals surface area contributed by atoms with Crippen molar-refractivity contribution < 1.29 is 18.3 Å². The molecule has 32 heavy (non-hydrogen) atoms. The molecule has 11 heteroatoms. The van der Waals surface area contributed by atoms with Crippen molar-refractivity contribution in [3.05, 3.63) is 23.9 Å². The van der Waals surface area contributed by atoms with E-state index < -0.39 is 12.7 Å². The van der Waals surface area contributed by atoms with Crippen LogP contribution in [0.1, 0.15) is 25.5 Å². The molecule has 5 N–H and O–H groups in total. The minimum Gasteiger partial charge on any atom is -0.399 e. The second kappa shape index (κ2) is 8.70. The maximum atomic E-state index is 12.7. The first-order chi connectivity index (χ1) is 15.1. The molecule has 0 aliphatic heterocycles. The van der Waals surface area contributed by atoms with Gasteiger partial charge in [0.1, 0.15) is 17.4 Å². The molecule has 7 nitrogen and oxygen atoms in total. The number of nitrogens with two attached hydrogens (primary N) is 1. The SMILES string of the molecule is Cc1nc(NCC(F)(F)F)nc(N[C@@H]2C[C@H](CO)[C@@H](C)C2)c1-c1nc2cc(N)ccc2s1. The van der Waals surface area contributed by atoms with Crippen LogP contribution >= 0.6 is 11.3 Å². The van der Waals surface area contributed by atoms with Gasteiger partial charge in [0, 0.05) is 18.3 Å². The average Bonchev–Trinajstić information content (AvgIpc) is 3.27. The summed E-state index contributed by atoms with van der Waals surface area (Å²) in [5.41, 5.74) is 8.39. The molecule has 0 saturated heterocycles. The number of benzene rings is 1. The van der Waals surface area contributed by atoms with Gasteiger partial charge in [-0.05, 0) is 49.8 Å². The Bertz CT molecular complexity index is 1120. The molecule has 4 rings (SSSR count). The van der Waals surface area contributed by atoms with E-state index in [1.165, 1.54) is 11.3 Å². The first kappa shape index (κ1) is 22.5. The summed E-state index contributed by atoms with van der Waals surface area (Å²) in [5, 5.41) is 15.9. The number of aliphatic hydroxyl groups excluding tert-OH is 1. The molecule has 3 atom stereocenters. The Morgan fingerprint density at radius 2 is 2.00 bits per heavy atom. The van der Waals surface area contributed by atoms with E-state index in [9.17, 15) is 18.3 Å². The number of halogens is 3. The number of anilines is 3. The van der Waals surface area contributed by atoms with E-state index in [-0.39, 0.29) is 24.5 Å². The minimum atomic E-state index is -4.38. The number of alkyl halides is 3. The van der Waals surface area contributed by atoms with Crippen LogP contribution in [0.15, 0.2) is 18.2 Å². The van der Waals surface area contributed by atoms with E-state index in [1.807, 2.05) is 6.07 Å². The Morgan fingerprint density at radius 3 is 2.69 bits per heavy atom. The highest BCUT2D eigenvalue weighted by atomic mass is 32.1. The fourth-order valence-corrected chi connectivity index (χ4v) is 5.19. The standard InChI is InChI=1S/C21H25F3N6OS/c1-10-5-14(6-12(10)8-31)28-18-17(11(2)27-20(30-18)26-9-21(22,23)24)19-29-15-7-13(25)3-4-16(15)32-19/h3-4,7,10,12,14,31H,5-6,8-9,25H2,1-2H3,(H2,26,27,28,30)/t10-,12+,14-/m0/s1. The van der Waals surface area contributed by atoms with Gasteiger partial charge in [0.2, 0.25) is 5.95 Å². The molecule has 0 unspecified atom stereocenters. The summed E-state index contributed by atoms with van der Waals surface area (Å²) < 4.78 is 39.1. The molecule has 1 fully saturated rings. The van der Waals surface area contributed by atoms with E-state index in [1.54, 1.807) is 19.1 Å². The van der Waals surface area contributed by atoms with Gasteiger partial charge in [0.05, 0.1) is 21.5 Å². The van der Waals surface area contributed by atoms with Gasteiger partial charge in [0.25, 0.3) is 0 Å². The summed E-state index contributed by atoms with van der Waals surface area (Å²) in [6.07, 6.45) is -2.80. The molecule has 0 spiro atoms. The molecule has 1 aliphatic carbocycles. The molecule has 1 saturated carbocycles. The summed E-state index contributed by atoms with van der Waals surface area (Å²) in [6, 6.07) is 5.50. The third-order valence-corrected chi connectivity index (χ3v) is 6.84. The number of aliphatic hydroxyl groups is 1. The van der Waals surface area contributed by atoms with Gasteiger partial charge in [-0.2, -0.15) is 18.2 Å². The molecular formula is C21H25F3N6OS. The van der Waals surface area contributed by atoms with Crippen molar-refractivity contribution in [2.45, 2.75) is 38.9 Å². The van der Waals surface area contributed by atoms with Crippen molar-refractivity contribution in [3.8, 4) is 10.6 Å². The van der Waals surface area contributed by atoms with Gasteiger partial charge in [-0.3, -0.25) is 0 Å². The Kier molecular flexibility index (Phi) is 6.13.